The zero-order chi connectivity index (χ0) is 14.6. The first-order valence-corrected chi connectivity index (χ1v) is 6.66. The van der Waals surface area contributed by atoms with Gasteiger partial charge in [0.1, 0.15) is 0 Å². The number of halogens is 1. The van der Waals surface area contributed by atoms with E-state index in [0.717, 1.165) is 0 Å². The fourth-order valence-electron chi connectivity index (χ4n) is 1.64. The minimum absolute atomic E-state index is 0.0152. The molecule has 0 bridgehead atoms. The molecule has 0 amide bonds. The van der Waals surface area contributed by atoms with E-state index in [0.29, 0.717) is 21.5 Å². The Morgan fingerprint density at radius 3 is 2.53 bits per heavy atom. The minimum Gasteiger partial charge on any atom is -0.493 e. The van der Waals surface area contributed by atoms with Crippen molar-refractivity contribution in [3.63, 3.8) is 0 Å². The molecule has 3 N–H and O–H groups in total. The summed E-state index contributed by atoms with van der Waals surface area (Å²) in [5.74, 6) is 0.185. The lowest BCUT2D eigenvalue weighted by Gasteiger charge is -2.18. The first-order valence-electron chi connectivity index (χ1n) is 5.86. The van der Waals surface area contributed by atoms with Crippen molar-refractivity contribution in [1.82, 2.24) is 0 Å². The van der Waals surface area contributed by atoms with Gasteiger partial charge in [0.2, 0.25) is 0 Å². The molecule has 0 radical (unpaired) electrons. The van der Waals surface area contributed by atoms with E-state index in [4.69, 9.17) is 20.3 Å². The van der Waals surface area contributed by atoms with E-state index < -0.39 is 12.0 Å². The SMILES string of the molecule is COc1cc(Br)c(C(N)CC(=O)O)cc1OC(C)C. The molecule has 0 aliphatic carbocycles. The lowest BCUT2D eigenvalue weighted by Crippen LogP contribution is -2.16. The Kier molecular flexibility index (Phi) is 5.62. The van der Waals surface area contributed by atoms with E-state index in [9.17, 15) is 4.79 Å². The predicted molar refractivity (Wildman–Crippen MR) is 75.6 cm³/mol. The topological polar surface area (TPSA) is 81.8 Å². The molecule has 1 rings (SSSR count). The lowest BCUT2D eigenvalue weighted by atomic mass is 10.0. The Balaban J connectivity index is 3.14. The molecule has 5 nitrogen and oxygen atoms in total. The van der Waals surface area contributed by atoms with Crippen LogP contribution in [0.5, 0.6) is 11.5 Å². The number of carboxylic acid groups (broad SMARTS) is 1. The van der Waals surface area contributed by atoms with E-state index in [1.807, 2.05) is 13.8 Å². The van der Waals surface area contributed by atoms with Crippen LogP contribution in [-0.2, 0) is 4.79 Å². The summed E-state index contributed by atoms with van der Waals surface area (Å²) in [4.78, 5) is 10.7. The van der Waals surface area contributed by atoms with Gasteiger partial charge >= 0.3 is 5.97 Å². The molecule has 0 aliphatic rings. The molecular weight excluding hydrogens is 314 g/mol. The van der Waals surface area contributed by atoms with Crippen molar-refractivity contribution >= 4 is 21.9 Å². The fourth-order valence-corrected chi connectivity index (χ4v) is 2.26. The van der Waals surface area contributed by atoms with Gasteiger partial charge in [0.15, 0.2) is 11.5 Å². The van der Waals surface area contributed by atoms with E-state index in [2.05, 4.69) is 15.9 Å². The molecule has 1 aromatic carbocycles. The molecule has 6 heteroatoms. The molecule has 19 heavy (non-hydrogen) atoms. The maximum absolute atomic E-state index is 10.7. The number of hydrogen-bond donors (Lipinski definition) is 2. The highest BCUT2D eigenvalue weighted by atomic mass is 79.9. The van der Waals surface area contributed by atoms with Crippen LogP contribution >= 0.6 is 15.9 Å². The van der Waals surface area contributed by atoms with Gasteiger partial charge in [-0.25, -0.2) is 0 Å². The van der Waals surface area contributed by atoms with Crippen LogP contribution in [0.1, 0.15) is 31.9 Å². The normalized spacial score (nSPS) is 12.3. The van der Waals surface area contributed by atoms with Gasteiger partial charge in [-0.2, -0.15) is 0 Å². The third kappa shape index (κ3) is 4.40. The van der Waals surface area contributed by atoms with Crippen molar-refractivity contribution in [3.8, 4) is 11.5 Å². The summed E-state index contributed by atoms with van der Waals surface area (Å²) in [7, 11) is 1.55. The second-order valence-corrected chi connectivity index (χ2v) is 5.25. The monoisotopic (exact) mass is 331 g/mol. The van der Waals surface area contributed by atoms with Crippen LogP contribution < -0.4 is 15.2 Å². The summed E-state index contributed by atoms with van der Waals surface area (Å²) in [6.07, 6.45) is -0.162. The molecular formula is C13H18BrNO4. The first-order chi connectivity index (χ1) is 8.85. The van der Waals surface area contributed by atoms with Crippen LogP contribution in [0.4, 0.5) is 0 Å². The Bertz CT molecular complexity index is 462. The molecule has 1 unspecified atom stereocenters. The van der Waals surface area contributed by atoms with Crippen molar-refractivity contribution in [3.05, 3.63) is 22.2 Å². The molecule has 0 heterocycles. The molecule has 1 aromatic rings. The molecule has 0 fully saturated rings. The number of nitrogens with two attached hydrogens (primary N) is 1. The van der Waals surface area contributed by atoms with E-state index >= 15 is 0 Å². The van der Waals surface area contributed by atoms with Gasteiger partial charge in [0, 0.05) is 10.5 Å². The molecule has 0 saturated heterocycles. The number of hydrogen-bond acceptors (Lipinski definition) is 4. The molecule has 1 atom stereocenters. The average Bonchev–Trinajstić information content (AvgIpc) is 2.29. The Morgan fingerprint density at radius 1 is 1.42 bits per heavy atom. The van der Waals surface area contributed by atoms with E-state index in [-0.39, 0.29) is 12.5 Å². The van der Waals surface area contributed by atoms with Gasteiger partial charge in [-0.3, -0.25) is 4.79 Å². The number of methoxy groups -OCH3 is 1. The quantitative estimate of drug-likeness (QED) is 0.837. The largest absolute Gasteiger partial charge is 0.493 e. The Labute approximate surface area is 120 Å². The Hall–Kier alpha value is -1.27. The zero-order valence-corrected chi connectivity index (χ0v) is 12.7. The van der Waals surface area contributed by atoms with Gasteiger partial charge in [0.25, 0.3) is 0 Å². The minimum atomic E-state index is -0.943. The Morgan fingerprint density at radius 2 is 2.05 bits per heavy atom. The smallest absolute Gasteiger partial charge is 0.305 e. The van der Waals surface area contributed by atoms with Crippen molar-refractivity contribution in [2.24, 2.45) is 5.73 Å². The summed E-state index contributed by atoms with van der Waals surface area (Å²) in [6, 6.07) is 2.85. The standard InChI is InChI=1S/C13H18BrNO4/c1-7(2)19-12-4-8(10(15)6-13(16)17)9(14)5-11(12)18-3/h4-5,7,10H,6,15H2,1-3H3,(H,16,17). The second-order valence-electron chi connectivity index (χ2n) is 4.40. The van der Waals surface area contributed by atoms with Crippen molar-refractivity contribution in [2.45, 2.75) is 32.4 Å². The summed E-state index contributed by atoms with van der Waals surface area (Å²) in [6.45, 7) is 3.80. The number of carbonyl (C=O) groups is 1. The highest BCUT2D eigenvalue weighted by molar-refractivity contribution is 9.10. The van der Waals surface area contributed by atoms with Gasteiger partial charge in [-0.15, -0.1) is 0 Å². The van der Waals surface area contributed by atoms with Crippen molar-refractivity contribution in [2.75, 3.05) is 7.11 Å². The van der Waals surface area contributed by atoms with E-state index in [1.165, 1.54) is 0 Å². The fraction of sp³-hybridized carbons (Fsp3) is 0.462. The highest BCUT2D eigenvalue weighted by Gasteiger charge is 2.18. The van der Waals surface area contributed by atoms with Crippen LogP contribution in [0.25, 0.3) is 0 Å². The van der Waals surface area contributed by atoms with Gasteiger partial charge in [0.05, 0.1) is 19.6 Å². The third-order valence-corrected chi connectivity index (χ3v) is 3.13. The van der Waals surface area contributed by atoms with Gasteiger partial charge < -0.3 is 20.3 Å². The van der Waals surface area contributed by atoms with Gasteiger partial charge in [-0.1, -0.05) is 15.9 Å². The van der Waals surface area contributed by atoms with Crippen LogP contribution in [0.3, 0.4) is 0 Å². The van der Waals surface area contributed by atoms with Crippen LogP contribution in [0, 0.1) is 0 Å². The zero-order valence-electron chi connectivity index (χ0n) is 11.1. The van der Waals surface area contributed by atoms with Gasteiger partial charge in [-0.05, 0) is 31.5 Å². The summed E-state index contributed by atoms with van der Waals surface area (Å²) < 4.78 is 11.6. The van der Waals surface area contributed by atoms with Crippen LogP contribution in [-0.4, -0.2) is 24.3 Å². The molecule has 0 aliphatic heterocycles. The second kappa shape index (κ2) is 6.77. The summed E-state index contributed by atoms with van der Waals surface area (Å²) in [5.41, 5.74) is 6.56. The molecule has 0 spiro atoms. The highest BCUT2D eigenvalue weighted by Crippen LogP contribution is 2.36. The maximum atomic E-state index is 10.7. The van der Waals surface area contributed by atoms with Crippen LogP contribution in [0.15, 0.2) is 16.6 Å². The number of benzene rings is 1. The number of ether oxygens (including phenoxy) is 2. The molecule has 0 aromatic heterocycles. The lowest BCUT2D eigenvalue weighted by molar-refractivity contribution is -0.137. The first kappa shape index (κ1) is 15.8. The summed E-state index contributed by atoms with van der Waals surface area (Å²) in [5, 5.41) is 8.80. The van der Waals surface area contributed by atoms with Crippen LogP contribution in [0.2, 0.25) is 0 Å². The maximum Gasteiger partial charge on any atom is 0.305 e. The number of carboxylic acids is 1. The molecule has 0 saturated carbocycles. The molecule has 106 valence electrons. The predicted octanol–water partition coefficient (Wildman–Crippen LogP) is 2.72. The van der Waals surface area contributed by atoms with Crippen molar-refractivity contribution < 1.29 is 19.4 Å². The van der Waals surface area contributed by atoms with E-state index in [1.54, 1.807) is 19.2 Å². The summed E-state index contributed by atoms with van der Waals surface area (Å²) >= 11 is 3.37. The number of aliphatic carboxylic acids is 1. The third-order valence-electron chi connectivity index (χ3n) is 2.44. The number of rotatable bonds is 6. The van der Waals surface area contributed by atoms with Crippen molar-refractivity contribution in [1.29, 1.82) is 0 Å². The average molecular weight is 332 g/mol.